The maximum absolute atomic E-state index is 12.8. The fraction of sp³-hybridized carbons (Fsp3) is 0.316. The molecule has 114 valence electrons. The van der Waals surface area contributed by atoms with E-state index in [2.05, 4.69) is 4.98 Å². The zero-order valence-corrected chi connectivity index (χ0v) is 12.9. The van der Waals surface area contributed by atoms with Crippen molar-refractivity contribution in [2.75, 3.05) is 0 Å². The zero-order valence-electron chi connectivity index (χ0n) is 12.9. The molecule has 4 heteroatoms. The lowest BCUT2D eigenvalue weighted by atomic mass is 10.0. The number of hydrogen-bond acceptors (Lipinski definition) is 2. The molecule has 0 fully saturated rings. The minimum atomic E-state index is -0.00768. The number of rotatable bonds is 1. The highest BCUT2D eigenvalue weighted by atomic mass is 16.1. The molecule has 0 spiro atoms. The molecule has 0 saturated heterocycles. The molecule has 1 N–H and O–H groups in total. The van der Waals surface area contributed by atoms with E-state index in [0.29, 0.717) is 5.82 Å². The van der Waals surface area contributed by atoms with Gasteiger partial charge in [-0.05, 0) is 42.2 Å². The minimum Gasteiger partial charge on any atom is -0.296 e. The summed E-state index contributed by atoms with van der Waals surface area (Å²) in [5, 5.41) is 4.82. The van der Waals surface area contributed by atoms with E-state index in [1.54, 1.807) is 0 Å². The Labute approximate surface area is 133 Å². The summed E-state index contributed by atoms with van der Waals surface area (Å²) in [4.78, 5) is 15.8. The number of aryl methyl sites for hydroxylation is 2. The number of hydrogen-bond donors (Lipinski definition) is 1. The van der Waals surface area contributed by atoms with Gasteiger partial charge in [0.25, 0.3) is 0 Å². The van der Waals surface area contributed by atoms with E-state index in [1.165, 1.54) is 28.8 Å². The summed E-state index contributed by atoms with van der Waals surface area (Å²) in [7, 11) is 0. The Balaban J connectivity index is 1.89. The van der Waals surface area contributed by atoms with Crippen LogP contribution in [0.1, 0.15) is 35.2 Å². The number of aromatic nitrogens is 3. The van der Waals surface area contributed by atoms with E-state index in [4.69, 9.17) is 5.10 Å². The van der Waals surface area contributed by atoms with Crippen LogP contribution in [0.5, 0.6) is 0 Å². The Morgan fingerprint density at radius 3 is 2.52 bits per heavy atom. The molecule has 0 atom stereocenters. The molecule has 4 nitrogen and oxygen atoms in total. The van der Waals surface area contributed by atoms with Gasteiger partial charge in [0.2, 0.25) is 11.5 Å². The number of H-pyrrole nitrogens is 1. The highest BCUT2D eigenvalue weighted by molar-refractivity contribution is 5.59. The van der Waals surface area contributed by atoms with Crippen LogP contribution in [0.3, 0.4) is 0 Å². The summed E-state index contributed by atoms with van der Waals surface area (Å²) in [6, 6.07) is 9.88. The van der Waals surface area contributed by atoms with E-state index >= 15 is 0 Å². The van der Waals surface area contributed by atoms with Gasteiger partial charge in [-0.2, -0.15) is 0 Å². The predicted octanol–water partition coefficient (Wildman–Crippen LogP) is 2.15. The second kappa shape index (κ2) is 4.75. The first kappa shape index (κ1) is 13.0. The minimum absolute atomic E-state index is 0.00768. The highest BCUT2D eigenvalue weighted by Gasteiger charge is 2.34. The van der Waals surface area contributed by atoms with E-state index in [1.807, 2.05) is 34.8 Å². The molecule has 0 amide bonds. The molecule has 2 heterocycles. The third-order valence-corrected chi connectivity index (χ3v) is 5.22. The number of nitrogens with one attached hydrogen (secondary N) is 1. The van der Waals surface area contributed by atoms with Gasteiger partial charge in [0, 0.05) is 28.2 Å². The monoisotopic (exact) mass is 304 g/mol. The molecule has 0 bridgehead atoms. The lowest BCUT2D eigenvalue weighted by molar-refractivity contribution is -0.589. The first-order chi connectivity index (χ1) is 11.3. The average Bonchev–Trinajstić information content (AvgIpc) is 3.24. The lowest BCUT2D eigenvalue weighted by Crippen LogP contribution is -2.40. The summed E-state index contributed by atoms with van der Waals surface area (Å²) in [6.45, 7) is 0. The molecule has 0 saturated carbocycles. The van der Waals surface area contributed by atoms with Crippen LogP contribution in [0, 0.1) is 0 Å². The topological polar surface area (TPSA) is 49.9 Å². The van der Waals surface area contributed by atoms with Gasteiger partial charge in [-0.25, -0.2) is 0 Å². The Morgan fingerprint density at radius 1 is 0.913 bits per heavy atom. The van der Waals surface area contributed by atoms with Crippen LogP contribution in [0.15, 0.2) is 35.1 Å². The smallest absolute Gasteiger partial charge is 0.296 e. The van der Waals surface area contributed by atoms with Crippen LogP contribution >= 0.6 is 0 Å². The third kappa shape index (κ3) is 1.81. The maximum atomic E-state index is 12.8. The van der Waals surface area contributed by atoms with Crippen LogP contribution in [0.2, 0.25) is 0 Å². The molecule has 23 heavy (non-hydrogen) atoms. The second-order valence-electron chi connectivity index (χ2n) is 6.52. The summed E-state index contributed by atoms with van der Waals surface area (Å²) in [6.07, 6.45) is 6.60. The Morgan fingerprint density at radius 2 is 1.65 bits per heavy atom. The highest BCUT2D eigenvalue weighted by Crippen LogP contribution is 2.32. The molecule has 3 aromatic rings. The first-order valence-corrected chi connectivity index (χ1v) is 8.40. The number of nitrogens with zero attached hydrogens (tertiary/aromatic N) is 2. The Kier molecular flexibility index (Phi) is 2.68. The van der Waals surface area contributed by atoms with E-state index < -0.39 is 0 Å². The Bertz CT molecular complexity index is 989. The van der Waals surface area contributed by atoms with Crippen molar-refractivity contribution in [2.24, 2.45) is 0 Å². The number of fused-ring (bicyclic) bond motifs is 6. The first-order valence-electron chi connectivity index (χ1n) is 8.40. The van der Waals surface area contributed by atoms with Crippen molar-refractivity contribution >= 4 is 5.52 Å². The molecule has 2 aliphatic rings. The summed E-state index contributed by atoms with van der Waals surface area (Å²) in [5.74, 6) is 0.653. The van der Waals surface area contributed by atoms with Gasteiger partial charge in [-0.1, -0.05) is 30.3 Å². The summed E-state index contributed by atoms with van der Waals surface area (Å²) >= 11 is 0. The molecule has 0 aliphatic heterocycles. The van der Waals surface area contributed by atoms with E-state index in [9.17, 15) is 4.79 Å². The van der Waals surface area contributed by atoms with Crippen molar-refractivity contribution in [1.82, 2.24) is 10.1 Å². The predicted molar refractivity (Wildman–Crippen MR) is 87.5 cm³/mol. The summed E-state index contributed by atoms with van der Waals surface area (Å²) in [5.41, 5.74) is 7.11. The molecule has 0 unspecified atom stereocenters. The molecular formula is C19H18N3O+. The molecular weight excluding hydrogens is 286 g/mol. The van der Waals surface area contributed by atoms with Crippen LogP contribution in [0.25, 0.3) is 16.9 Å². The SMILES string of the molecule is O=c1[nH]c(-c2ccccc2)n[n+]2c3c(c4c(c12)CCC4)CCC3. The van der Waals surface area contributed by atoms with Gasteiger partial charge in [-0.15, -0.1) is 0 Å². The fourth-order valence-corrected chi connectivity index (χ4v) is 4.25. The third-order valence-electron chi connectivity index (χ3n) is 5.22. The van der Waals surface area contributed by atoms with Gasteiger partial charge >= 0.3 is 11.1 Å². The zero-order chi connectivity index (χ0) is 15.4. The van der Waals surface area contributed by atoms with Crippen molar-refractivity contribution in [3.8, 4) is 11.4 Å². The van der Waals surface area contributed by atoms with Gasteiger partial charge < -0.3 is 0 Å². The number of benzene rings is 1. The van der Waals surface area contributed by atoms with E-state index in [0.717, 1.165) is 43.2 Å². The molecule has 2 aliphatic carbocycles. The molecule has 0 radical (unpaired) electrons. The van der Waals surface area contributed by atoms with Crippen molar-refractivity contribution in [3.05, 3.63) is 63.1 Å². The van der Waals surface area contributed by atoms with Gasteiger partial charge in [0.1, 0.15) is 0 Å². The molecule has 2 aromatic heterocycles. The quantitative estimate of drug-likeness (QED) is 0.700. The van der Waals surface area contributed by atoms with Crippen LogP contribution in [-0.4, -0.2) is 10.1 Å². The number of pyridine rings is 1. The summed E-state index contributed by atoms with van der Waals surface area (Å²) < 4.78 is 1.95. The van der Waals surface area contributed by atoms with Crippen molar-refractivity contribution in [1.29, 1.82) is 0 Å². The van der Waals surface area contributed by atoms with Crippen molar-refractivity contribution in [3.63, 3.8) is 0 Å². The van der Waals surface area contributed by atoms with Crippen LogP contribution in [-0.2, 0) is 25.7 Å². The Hall–Kier alpha value is -2.49. The average molecular weight is 304 g/mol. The van der Waals surface area contributed by atoms with Gasteiger partial charge in [0.15, 0.2) is 0 Å². The second-order valence-corrected chi connectivity index (χ2v) is 6.52. The normalized spacial score (nSPS) is 15.8. The van der Waals surface area contributed by atoms with E-state index in [-0.39, 0.29) is 5.56 Å². The lowest BCUT2D eigenvalue weighted by Gasteiger charge is -2.06. The van der Waals surface area contributed by atoms with Crippen LogP contribution < -0.4 is 10.1 Å². The number of aromatic amines is 1. The standard InChI is InChI=1S/C19H17N3O/c23-19-17-15-10-4-8-13(15)14-9-5-11-16(14)22(17)21-18(20-19)12-6-2-1-3-7-12/h1-3,6-7H,4-5,8-11H2/p+1. The van der Waals surface area contributed by atoms with Crippen molar-refractivity contribution in [2.45, 2.75) is 38.5 Å². The van der Waals surface area contributed by atoms with Gasteiger partial charge in [-0.3, -0.25) is 9.78 Å². The molecule has 1 aromatic carbocycles. The fourth-order valence-electron chi connectivity index (χ4n) is 4.25. The largest absolute Gasteiger partial charge is 0.325 e. The van der Waals surface area contributed by atoms with Crippen molar-refractivity contribution < 1.29 is 4.52 Å². The molecule has 5 rings (SSSR count). The maximum Gasteiger partial charge on any atom is 0.325 e. The van der Waals surface area contributed by atoms with Gasteiger partial charge in [0.05, 0.1) is 0 Å². The van der Waals surface area contributed by atoms with Crippen LogP contribution in [0.4, 0.5) is 0 Å².